The van der Waals surface area contributed by atoms with Gasteiger partial charge in [0.1, 0.15) is 12.0 Å². The van der Waals surface area contributed by atoms with Gasteiger partial charge in [0, 0.05) is 12.1 Å². The monoisotopic (exact) mass is 194 g/mol. The Hall–Kier alpha value is -1.13. The summed E-state index contributed by atoms with van der Waals surface area (Å²) in [6, 6.07) is 5.49. The highest BCUT2D eigenvalue weighted by molar-refractivity contribution is 5.33. The van der Waals surface area contributed by atoms with E-state index >= 15 is 0 Å². The third-order valence-corrected chi connectivity index (χ3v) is 2.56. The lowest BCUT2D eigenvalue weighted by Gasteiger charge is -2.35. The maximum Gasteiger partial charge on any atom is 0.128 e. The summed E-state index contributed by atoms with van der Waals surface area (Å²) in [6.07, 6.45) is 2.17. The van der Waals surface area contributed by atoms with E-state index in [2.05, 4.69) is 10.3 Å². The molecule has 1 aliphatic rings. The van der Waals surface area contributed by atoms with Gasteiger partial charge in [-0.25, -0.2) is 4.98 Å². The smallest absolute Gasteiger partial charge is 0.128 e. The summed E-state index contributed by atoms with van der Waals surface area (Å²) in [4.78, 5) is 4.04. The average Bonchev–Trinajstić information content (AvgIpc) is 2.14. The molecule has 0 amide bonds. The molecule has 1 saturated carbocycles. The fourth-order valence-corrected chi connectivity index (χ4v) is 1.61. The van der Waals surface area contributed by atoms with Gasteiger partial charge in [0.25, 0.3) is 0 Å². The quantitative estimate of drug-likeness (QED) is 0.616. The second-order valence-electron chi connectivity index (χ2n) is 3.69. The molecule has 1 atom stereocenters. The van der Waals surface area contributed by atoms with Crippen molar-refractivity contribution in [3.05, 3.63) is 24.4 Å². The number of hydrogen-bond donors (Lipinski definition) is 3. The Kier molecular flexibility index (Phi) is 2.65. The largest absolute Gasteiger partial charge is 0.393 e. The zero-order valence-corrected chi connectivity index (χ0v) is 7.80. The summed E-state index contributed by atoms with van der Waals surface area (Å²) >= 11 is 0. The van der Waals surface area contributed by atoms with E-state index < -0.39 is 6.23 Å². The molecule has 0 bridgehead atoms. The number of aliphatic hydroxyl groups is 2. The molecule has 14 heavy (non-hydrogen) atoms. The molecule has 2 rings (SSSR count). The molecule has 4 heteroatoms. The molecular weight excluding hydrogens is 180 g/mol. The molecule has 1 aromatic heterocycles. The number of rotatable bonds is 3. The lowest BCUT2D eigenvalue weighted by molar-refractivity contribution is -0.0168. The van der Waals surface area contributed by atoms with E-state index in [9.17, 15) is 5.11 Å². The number of nitrogens with one attached hydrogen (secondary N) is 1. The number of nitrogens with zero attached hydrogens (tertiary/aromatic N) is 1. The SMILES string of the molecule is OC(Nc1ccccn1)[C@H]1C[C@H](O)C1. The first-order valence-electron chi connectivity index (χ1n) is 4.79. The van der Waals surface area contributed by atoms with Crippen LogP contribution in [0.15, 0.2) is 24.4 Å². The van der Waals surface area contributed by atoms with E-state index in [0.717, 1.165) is 0 Å². The average molecular weight is 194 g/mol. The fourth-order valence-electron chi connectivity index (χ4n) is 1.61. The second kappa shape index (κ2) is 3.94. The van der Waals surface area contributed by atoms with Crippen molar-refractivity contribution in [1.29, 1.82) is 0 Å². The number of anilines is 1. The van der Waals surface area contributed by atoms with Gasteiger partial charge in [0.15, 0.2) is 0 Å². The summed E-state index contributed by atoms with van der Waals surface area (Å²) in [7, 11) is 0. The lowest BCUT2D eigenvalue weighted by Crippen LogP contribution is -2.40. The van der Waals surface area contributed by atoms with Crippen LogP contribution in [0.5, 0.6) is 0 Å². The summed E-state index contributed by atoms with van der Waals surface area (Å²) in [6.45, 7) is 0. The van der Waals surface area contributed by atoms with Crippen molar-refractivity contribution >= 4 is 5.82 Å². The maximum atomic E-state index is 9.68. The van der Waals surface area contributed by atoms with Crippen molar-refractivity contribution in [2.75, 3.05) is 5.32 Å². The van der Waals surface area contributed by atoms with Gasteiger partial charge in [-0.3, -0.25) is 0 Å². The first-order chi connectivity index (χ1) is 6.75. The van der Waals surface area contributed by atoms with E-state index in [-0.39, 0.29) is 12.0 Å². The molecule has 0 radical (unpaired) electrons. The predicted molar refractivity (Wildman–Crippen MR) is 52.6 cm³/mol. The highest BCUT2D eigenvalue weighted by Gasteiger charge is 2.32. The maximum absolute atomic E-state index is 9.68. The van der Waals surface area contributed by atoms with Gasteiger partial charge in [0.05, 0.1) is 6.10 Å². The summed E-state index contributed by atoms with van der Waals surface area (Å²) < 4.78 is 0. The van der Waals surface area contributed by atoms with Crippen molar-refractivity contribution in [1.82, 2.24) is 4.98 Å². The molecule has 1 unspecified atom stereocenters. The Labute approximate surface area is 82.6 Å². The van der Waals surface area contributed by atoms with Gasteiger partial charge < -0.3 is 15.5 Å². The standard InChI is InChI=1S/C10H14N2O2/c13-8-5-7(6-8)10(14)12-9-3-1-2-4-11-9/h1-4,7-8,10,13-14H,5-6H2,(H,11,12)/t7-,8-,10?. The van der Waals surface area contributed by atoms with E-state index in [0.29, 0.717) is 18.7 Å². The second-order valence-corrected chi connectivity index (χ2v) is 3.69. The van der Waals surface area contributed by atoms with Gasteiger partial charge in [-0.1, -0.05) is 6.07 Å². The van der Waals surface area contributed by atoms with Gasteiger partial charge in [0.2, 0.25) is 0 Å². The Bertz CT molecular complexity index is 285. The van der Waals surface area contributed by atoms with Crippen LogP contribution in [0.25, 0.3) is 0 Å². The van der Waals surface area contributed by atoms with Crippen LogP contribution in [0.4, 0.5) is 5.82 Å². The first kappa shape index (κ1) is 9.43. The minimum atomic E-state index is -0.603. The highest BCUT2D eigenvalue weighted by atomic mass is 16.3. The highest BCUT2D eigenvalue weighted by Crippen LogP contribution is 2.30. The van der Waals surface area contributed by atoms with Gasteiger partial charge in [-0.2, -0.15) is 0 Å². The molecule has 1 fully saturated rings. The van der Waals surface area contributed by atoms with E-state index in [1.807, 2.05) is 12.1 Å². The zero-order valence-electron chi connectivity index (χ0n) is 7.80. The van der Waals surface area contributed by atoms with Crippen LogP contribution in [-0.4, -0.2) is 27.5 Å². The van der Waals surface area contributed by atoms with Crippen molar-refractivity contribution < 1.29 is 10.2 Å². The molecule has 4 nitrogen and oxygen atoms in total. The molecule has 1 aliphatic carbocycles. The molecule has 1 aromatic rings. The zero-order chi connectivity index (χ0) is 9.97. The van der Waals surface area contributed by atoms with Crippen molar-refractivity contribution in [2.24, 2.45) is 5.92 Å². The molecule has 0 aromatic carbocycles. The van der Waals surface area contributed by atoms with Gasteiger partial charge >= 0.3 is 0 Å². The Morgan fingerprint density at radius 2 is 2.21 bits per heavy atom. The third kappa shape index (κ3) is 2.02. The van der Waals surface area contributed by atoms with Crippen LogP contribution in [0.1, 0.15) is 12.8 Å². The predicted octanol–water partition coefficient (Wildman–Crippen LogP) is 0.583. The molecule has 1 heterocycles. The van der Waals surface area contributed by atoms with E-state index in [4.69, 9.17) is 5.11 Å². The first-order valence-corrected chi connectivity index (χ1v) is 4.79. The summed E-state index contributed by atoms with van der Waals surface area (Å²) in [5.41, 5.74) is 0. The minimum absolute atomic E-state index is 0.145. The molecule has 0 spiro atoms. The van der Waals surface area contributed by atoms with Crippen LogP contribution >= 0.6 is 0 Å². The van der Waals surface area contributed by atoms with Crippen molar-refractivity contribution in [3.63, 3.8) is 0 Å². The van der Waals surface area contributed by atoms with Gasteiger partial charge in [-0.15, -0.1) is 0 Å². The summed E-state index contributed by atoms with van der Waals surface area (Å²) in [5, 5.41) is 21.7. The Morgan fingerprint density at radius 3 is 2.79 bits per heavy atom. The van der Waals surface area contributed by atoms with Crippen LogP contribution in [0, 0.1) is 5.92 Å². The molecule has 76 valence electrons. The number of hydrogen-bond acceptors (Lipinski definition) is 4. The minimum Gasteiger partial charge on any atom is -0.393 e. The topological polar surface area (TPSA) is 65.4 Å². The third-order valence-electron chi connectivity index (χ3n) is 2.56. The van der Waals surface area contributed by atoms with Crippen LogP contribution in [-0.2, 0) is 0 Å². The summed E-state index contributed by atoms with van der Waals surface area (Å²) in [5.74, 6) is 0.813. The Morgan fingerprint density at radius 1 is 1.43 bits per heavy atom. The fraction of sp³-hybridized carbons (Fsp3) is 0.500. The van der Waals surface area contributed by atoms with Gasteiger partial charge in [-0.05, 0) is 25.0 Å². The normalized spacial score (nSPS) is 27.9. The molecule has 0 saturated heterocycles. The lowest BCUT2D eigenvalue weighted by atomic mass is 9.81. The van der Waals surface area contributed by atoms with Crippen LogP contribution in [0.2, 0.25) is 0 Å². The van der Waals surface area contributed by atoms with Crippen molar-refractivity contribution in [2.45, 2.75) is 25.2 Å². The van der Waals surface area contributed by atoms with Crippen molar-refractivity contribution in [3.8, 4) is 0 Å². The van der Waals surface area contributed by atoms with E-state index in [1.54, 1.807) is 12.3 Å². The number of pyridine rings is 1. The van der Waals surface area contributed by atoms with Crippen LogP contribution < -0.4 is 5.32 Å². The molecular formula is C10H14N2O2. The van der Waals surface area contributed by atoms with E-state index in [1.165, 1.54) is 0 Å². The number of aromatic nitrogens is 1. The Balaban J connectivity index is 1.86. The number of aliphatic hydroxyl groups excluding tert-OH is 2. The molecule has 0 aliphatic heterocycles. The molecule has 3 N–H and O–H groups in total. The van der Waals surface area contributed by atoms with Crippen LogP contribution in [0.3, 0.4) is 0 Å².